The first kappa shape index (κ1) is 24.2. The standard InChI is InChI=1S/C26H26BrN3O3/c1-18-10-11-23(19(2)14-18)29-25(31)12-13-26(32)30-28-16-21-7-3-4-9-24(21)33-17-20-6-5-8-22(27)15-20/h3-11,14-16H,12-13,17H2,1-2H3,(H,29,31)(H,30,32)/b28-16-. The van der Waals surface area contributed by atoms with Crippen molar-refractivity contribution in [1.29, 1.82) is 0 Å². The number of ether oxygens (including phenoxy) is 1. The lowest BCUT2D eigenvalue weighted by atomic mass is 10.1. The van der Waals surface area contributed by atoms with Crippen molar-refractivity contribution in [2.75, 3.05) is 5.32 Å². The van der Waals surface area contributed by atoms with E-state index in [1.54, 1.807) is 0 Å². The number of hydrazone groups is 1. The minimum absolute atomic E-state index is 0.0368. The molecule has 0 bridgehead atoms. The van der Waals surface area contributed by atoms with Gasteiger partial charge < -0.3 is 10.1 Å². The van der Waals surface area contributed by atoms with Gasteiger partial charge in [-0.1, -0.05) is 57.9 Å². The highest BCUT2D eigenvalue weighted by molar-refractivity contribution is 9.10. The Kier molecular flexibility index (Phi) is 8.78. The lowest BCUT2D eigenvalue weighted by molar-refractivity contribution is -0.124. The molecule has 0 aromatic heterocycles. The van der Waals surface area contributed by atoms with E-state index in [0.717, 1.165) is 32.4 Å². The zero-order valence-corrected chi connectivity index (χ0v) is 20.2. The van der Waals surface area contributed by atoms with Crippen LogP contribution in [0.4, 0.5) is 5.69 Å². The van der Waals surface area contributed by atoms with Crippen LogP contribution in [0.2, 0.25) is 0 Å². The highest BCUT2D eigenvalue weighted by atomic mass is 79.9. The molecule has 170 valence electrons. The van der Waals surface area contributed by atoms with E-state index in [0.29, 0.717) is 12.4 Å². The van der Waals surface area contributed by atoms with E-state index in [1.165, 1.54) is 6.21 Å². The molecule has 7 heteroatoms. The van der Waals surface area contributed by atoms with Crippen LogP contribution in [-0.4, -0.2) is 18.0 Å². The summed E-state index contributed by atoms with van der Waals surface area (Å²) in [7, 11) is 0. The lowest BCUT2D eigenvalue weighted by Crippen LogP contribution is -2.21. The lowest BCUT2D eigenvalue weighted by Gasteiger charge is -2.09. The first-order chi connectivity index (χ1) is 15.9. The molecule has 0 aliphatic carbocycles. The van der Waals surface area contributed by atoms with Crippen molar-refractivity contribution < 1.29 is 14.3 Å². The number of rotatable bonds is 9. The number of hydrogen-bond donors (Lipinski definition) is 2. The smallest absolute Gasteiger partial charge is 0.240 e. The average molecular weight is 508 g/mol. The molecular formula is C26H26BrN3O3. The average Bonchev–Trinajstić information content (AvgIpc) is 2.79. The van der Waals surface area contributed by atoms with Crippen molar-refractivity contribution in [1.82, 2.24) is 5.43 Å². The van der Waals surface area contributed by atoms with Gasteiger partial charge >= 0.3 is 0 Å². The number of carbonyl (C=O) groups is 2. The number of hydrogen-bond acceptors (Lipinski definition) is 4. The monoisotopic (exact) mass is 507 g/mol. The summed E-state index contributed by atoms with van der Waals surface area (Å²) in [5, 5.41) is 6.85. The highest BCUT2D eigenvalue weighted by Crippen LogP contribution is 2.19. The van der Waals surface area contributed by atoms with E-state index in [-0.39, 0.29) is 24.7 Å². The second kappa shape index (κ2) is 12.0. The Morgan fingerprint density at radius 3 is 2.55 bits per heavy atom. The first-order valence-electron chi connectivity index (χ1n) is 10.6. The summed E-state index contributed by atoms with van der Waals surface area (Å²) >= 11 is 3.45. The van der Waals surface area contributed by atoms with Crippen molar-refractivity contribution in [2.24, 2.45) is 5.10 Å². The fraction of sp³-hybridized carbons (Fsp3) is 0.192. The van der Waals surface area contributed by atoms with Gasteiger partial charge in [0.2, 0.25) is 11.8 Å². The highest BCUT2D eigenvalue weighted by Gasteiger charge is 2.08. The van der Waals surface area contributed by atoms with E-state index in [4.69, 9.17) is 4.74 Å². The Hall–Kier alpha value is -3.45. The SMILES string of the molecule is Cc1ccc(NC(=O)CCC(=O)N/N=C\c2ccccc2OCc2cccc(Br)c2)c(C)c1. The Balaban J connectivity index is 1.47. The molecule has 0 unspecified atom stereocenters. The predicted octanol–water partition coefficient (Wildman–Crippen LogP) is 5.51. The number of nitrogens with one attached hydrogen (secondary N) is 2. The second-order valence-corrected chi connectivity index (χ2v) is 8.53. The summed E-state index contributed by atoms with van der Waals surface area (Å²) in [5.74, 6) is 0.102. The number of nitrogens with zero attached hydrogens (tertiary/aromatic N) is 1. The van der Waals surface area contributed by atoms with E-state index in [1.807, 2.05) is 80.6 Å². The van der Waals surface area contributed by atoms with Crippen LogP contribution in [0.25, 0.3) is 0 Å². The molecule has 0 saturated carbocycles. The largest absolute Gasteiger partial charge is 0.488 e. The van der Waals surface area contributed by atoms with Crippen LogP contribution < -0.4 is 15.5 Å². The van der Waals surface area contributed by atoms with Crippen molar-refractivity contribution in [2.45, 2.75) is 33.3 Å². The normalized spacial score (nSPS) is 10.8. The van der Waals surface area contributed by atoms with E-state index < -0.39 is 0 Å². The summed E-state index contributed by atoms with van der Waals surface area (Å²) in [6.45, 7) is 4.34. The predicted molar refractivity (Wildman–Crippen MR) is 134 cm³/mol. The summed E-state index contributed by atoms with van der Waals surface area (Å²) in [6, 6.07) is 21.1. The quantitative estimate of drug-likeness (QED) is 0.295. The van der Waals surface area contributed by atoms with E-state index in [2.05, 4.69) is 31.8 Å². The Morgan fingerprint density at radius 2 is 1.76 bits per heavy atom. The maximum absolute atomic E-state index is 12.2. The molecule has 3 rings (SSSR count). The number of anilines is 1. The number of carbonyl (C=O) groups excluding carboxylic acids is 2. The molecule has 3 aromatic rings. The molecule has 0 aliphatic rings. The summed E-state index contributed by atoms with van der Waals surface area (Å²) in [6.07, 6.45) is 1.64. The van der Waals surface area contributed by atoms with Gasteiger partial charge in [-0.15, -0.1) is 0 Å². The van der Waals surface area contributed by atoms with E-state index >= 15 is 0 Å². The second-order valence-electron chi connectivity index (χ2n) is 7.62. The van der Waals surface area contributed by atoms with Gasteiger partial charge in [0.15, 0.2) is 0 Å². The molecule has 0 saturated heterocycles. The molecule has 2 amide bonds. The third kappa shape index (κ3) is 7.88. The van der Waals surface area contributed by atoms with Crippen molar-refractivity contribution in [3.63, 3.8) is 0 Å². The Morgan fingerprint density at radius 1 is 0.970 bits per heavy atom. The van der Waals surface area contributed by atoms with Gasteiger partial charge in [0.05, 0.1) is 6.21 Å². The number of aryl methyl sites for hydroxylation is 2. The number of para-hydroxylation sites is 1. The molecule has 6 nitrogen and oxygen atoms in total. The van der Waals surface area contributed by atoms with E-state index in [9.17, 15) is 9.59 Å². The van der Waals surface area contributed by atoms with Crippen LogP contribution in [0.15, 0.2) is 76.3 Å². The van der Waals surface area contributed by atoms with Crippen molar-refractivity contribution >= 4 is 39.6 Å². The van der Waals surface area contributed by atoms with Gasteiger partial charge in [0.1, 0.15) is 12.4 Å². The minimum Gasteiger partial charge on any atom is -0.488 e. The third-order valence-electron chi connectivity index (χ3n) is 4.83. The molecule has 33 heavy (non-hydrogen) atoms. The summed E-state index contributed by atoms with van der Waals surface area (Å²) in [5.41, 5.74) is 7.10. The Labute approximate surface area is 202 Å². The number of benzene rings is 3. The van der Waals surface area contributed by atoms with Crippen LogP contribution in [0.5, 0.6) is 5.75 Å². The molecular weight excluding hydrogens is 482 g/mol. The fourth-order valence-corrected chi connectivity index (χ4v) is 3.58. The molecule has 3 aromatic carbocycles. The summed E-state index contributed by atoms with van der Waals surface area (Å²) in [4.78, 5) is 24.2. The molecule has 0 aliphatic heterocycles. The third-order valence-corrected chi connectivity index (χ3v) is 5.32. The van der Waals surface area contributed by atoms with Gasteiger partial charge in [0, 0.05) is 28.6 Å². The fourth-order valence-electron chi connectivity index (χ4n) is 3.13. The minimum atomic E-state index is -0.338. The van der Waals surface area contributed by atoms with Crippen LogP contribution >= 0.6 is 15.9 Å². The maximum atomic E-state index is 12.2. The maximum Gasteiger partial charge on any atom is 0.240 e. The van der Waals surface area contributed by atoms with Gasteiger partial charge in [-0.2, -0.15) is 5.10 Å². The number of halogens is 1. The van der Waals surface area contributed by atoms with Crippen LogP contribution in [0.3, 0.4) is 0 Å². The molecule has 0 spiro atoms. The summed E-state index contributed by atoms with van der Waals surface area (Å²) < 4.78 is 6.90. The van der Waals surface area contributed by atoms with Gasteiger partial charge in [-0.05, 0) is 55.3 Å². The first-order valence-corrected chi connectivity index (χ1v) is 11.4. The zero-order chi connectivity index (χ0) is 23.6. The topological polar surface area (TPSA) is 79.8 Å². The van der Waals surface area contributed by atoms with Crippen LogP contribution in [0.1, 0.15) is 35.1 Å². The van der Waals surface area contributed by atoms with Crippen molar-refractivity contribution in [3.05, 3.63) is 93.5 Å². The van der Waals surface area contributed by atoms with Gasteiger partial charge in [0.25, 0.3) is 0 Å². The van der Waals surface area contributed by atoms with Crippen LogP contribution in [-0.2, 0) is 16.2 Å². The Bertz CT molecular complexity index is 1160. The zero-order valence-electron chi connectivity index (χ0n) is 18.6. The van der Waals surface area contributed by atoms with Crippen LogP contribution in [0, 0.1) is 13.8 Å². The molecule has 0 atom stereocenters. The molecule has 2 N–H and O–H groups in total. The van der Waals surface area contributed by atoms with Crippen molar-refractivity contribution in [3.8, 4) is 5.75 Å². The molecule has 0 heterocycles. The molecule has 0 radical (unpaired) electrons. The number of amides is 2. The van der Waals surface area contributed by atoms with Gasteiger partial charge in [-0.25, -0.2) is 5.43 Å². The van der Waals surface area contributed by atoms with Gasteiger partial charge in [-0.3, -0.25) is 9.59 Å². The molecule has 0 fully saturated rings.